The Bertz CT molecular complexity index is 845. The highest BCUT2D eigenvalue weighted by Crippen LogP contribution is 2.28. The average Bonchev–Trinajstić information content (AvgIpc) is 2.93. The second-order valence-corrected chi connectivity index (χ2v) is 7.68. The summed E-state index contributed by atoms with van der Waals surface area (Å²) in [6.45, 7) is 0. The van der Waals surface area contributed by atoms with Gasteiger partial charge in [0.25, 0.3) is 0 Å². The van der Waals surface area contributed by atoms with Gasteiger partial charge in [0.15, 0.2) is 5.17 Å². The second-order valence-electron chi connectivity index (χ2n) is 5.82. The first-order chi connectivity index (χ1) is 12.4. The molecule has 2 aromatic rings. The number of benzene rings is 2. The quantitative estimate of drug-likeness (QED) is 0.751. The molecule has 26 heavy (non-hydrogen) atoms. The number of nitrogens with one attached hydrogen (secondary N) is 1. The molecule has 1 amide bonds. The van der Waals surface area contributed by atoms with Gasteiger partial charge in [-0.05, 0) is 42.5 Å². The maximum atomic E-state index is 13.8. The molecule has 0 aromatic heterocycles. The largest absolute Gasteiger partial charge is 0.350 e. The zero-order valence-corrected chi connectivity index (χ0v) is 16.2. The van der Waals surface area contributed by atoms with Crippen LogP contribution in [-0.2, 0) is 4.79 Å². The minimum Gasteiger partial charge on any atom is -0.350 e. The number of aliphatic imine (C=N–C) groups is 1. The first-order valence-corrected chi connectivity index (χ1v) is 9.61. The third kappa shape index (κ3) is 4.69. The van der Waals surface area contributed by atoms with Gasteiger partial charge < -0.3 is 10.2 Å². The van der Waals surface area contributed by atoms with Gasteiger partial charge in [-0.1, -0.05) is 35.0 Å². The van der Waals surface area contributed by atoms with Crippen LogP contribution in [0.2, 0.25) is 10.0 Å². The van der Waals surface area contributed by atoms with Crippen molar-refractivity contribution >= 4 is 57.4 Å². The van der Waals surface area contributed by atoms with Crippen molar-refractivity contribution in [1.29, 1.82) is 0 Å². The molecule has 1 aliphatic rings. The van der Waals surface area contributed by atoms with E-state index in [1.807, 2.05) is 24.1 Å². The van der Waals surface area contributed by atoms with Crippen LogP contribution >= 0.6 is 35.0 Å². The fourth-order valence-corrected chi connectivity index (χ4v) is 3.97. The Morgan fingerprint density at radius 1 is 1.27 bits per heavy atom. The summed E-state index contributed by atoms with van der Waals surface area (Å²) in [4.78, 5) is 18.8. The minimum atomic E-state index is -0.551. The predicted molar refractivity (Wildman–Crippen MR) is 107 cm³/mol. The SMILES string of the molecule is CN1C(=Nc2ccc(Cl)cc2)SCC1CC(=O)Nc1ccc(Cl)cc1F. The molecule has 1 saturated heterocycles. The van der Waals surface area contributed by atoms with Gasteiger partial charge in [-0.2, -0.15) is 0 Å². The van der Waals surface area contributed by atoms with E-state index in [2.05, 4.69) is 10.3 Å². The summed E-state index contributed by atoms with van der Waals surface area (Å²) in [5.74, 6) is -0.0687. The van der Waals surface area contributed by atoms with Crippen molar-refractivity contribution in [2.45, 2.75) is 12.5 Å². The molecule has 4 nitrogen and oxygen atoms in total. The Morgan fingerprint density at radius 2 is 1.96 bits per heavy atom. The molecule has 0 spiro atoms. The summed E-state index contributed by atoms with van der Waals surface area (Å²) < 4.78 is 13.8. The first kappa shape index (κ1) is 19.0. The fraction of sp³-hybridized carbons (Fsp3) is 0.222. The molecule has 0 aliphatic carbocycles. The van der Waals surface area contributed by atoms with E-state index in [-0.39, 0.29) is 29.1 Å². The number of halogens is 3. The third-order valence-corrected chi connectivity index (χ3v) is 5.61. The Hall–Kier alpha value is -1.76. The Balaban J connectivity index is 1.62. The van der Waals surface area contributed by atoms with Gasteiger partial charge in [0, 0.05) is 35.3 Å². The maximum absolute atomic E-state index is 13.8. The van der Waals surface area contributed by atoms with Crippen LogP contribution in [-0.4, -0.2) is 34.8 Å². The average molecular weight is 412 g/mol. The topological polar surface area (TPSA) is 44.7 Å². The highest BCUT2D eigenvalue weighted by molar-refractivity contribution is 8.14. The lowest BCUT2D eigenvalue weighted by Crippen LogP contribution is -2.33. The summed E-state index contributed by atoms with van der Waals surface area (Å²) in [7, 11) is 1.90. The van der Waals surface area contributed by atoms with Gasteiger partial charge in [0.05, 0.1) is 11.4 Å². The Kier molecular flexibility index (Phi) is 6.06. The van der Waals surface area contributed by atoms with E-state index in [4.69, 9.17) is 23.2 Å². The lowest BCUT2D eigenvalue weighted by atomic mass is 10.2. The third-order valence-electron chi connectivity index (χ3n) is 3.93. The second kappa shape index (κ2) is 8.29. The highest BCUT2D eigenvalue weighted by atomic mass is 35.5. The molecule has 2 aromatic carbocycles. The zero-order chi connectivity index (χ0) is 18.7. The molecular formula is C18H16Cl2FN3OS. The summed E-state index contributed by atoms with van der Waals surface area (Å²) in [6.07, 6.45) is 0.241. The van der Waals surface area contributed by atoms with Gasteiger partial charge >= 0.3 is 0 Å². The van der Waals surface area contributed by atoms with Gasteiger partial charge in [0.2, 0.25) is 5.91 Å². The summed E-state index contributed by atoms with van der Waals surface area (Å²) >= 11 is 13.2. The van der Waals surface area contributed by atoms with E-state index in [1.165, 1.54) is 18.2 Å². The number of nitrogens with zero attached hydrogens (tertiary/aromatic N) is 2. The fourth-order valence-electron chi connectivity index (χ4n) is 2.48. The number of rotatable bonds is 4. The Labute approximate surface area is 165 Å². The maximum Gasteiger partial charge on any atom is 0.226 e. The van der Waals surface area contributed by atoms with E-state index in [9.17, 15) is 9.18 Å². The molecule has 1 unspecified atom stereocenters. The Morgan fingerprint density at radius 3 is 2.65 bits per heavy atom. The van der Waals surface area contributed by atoms with E-state index >= 15 is 0 Å². The highest BCUT2D eigenvalue weighted by Gasteiger charge is 2.29. The van der Waals surface area contributed by atoms with Gasteiger partial charge in [-0.3, -0.25) is 4.79 Å². The number of anilines is 1. The zero-order valence-electron chi connectivity index (χ0n) is 13.9. The van der Waals surface area contributed by atoms with Crippen molar-refractivity contribution in [2.75, 3.05) is 18.1 Å². The smallest absolute Gasteiger partial charge is 0.226 e. The van der Waals surface area contributed by atoms with Crippen LogP contribution in [0, 0.1) is 5.82 Å². The van der Waals surface area contributed by atoms with Gasteiger partial charge in [-0.25, -0.2) is 9.38 Å². The molecule has 0 saturated carbocycles. The summed E-state index contributed by atoms with van der Waals surface area (Å²) in [5, 5.41) is 4.37. The van der Waals surface area contributed by atoms with Crippen LogP contribution in [0.3, 0.4) is 0 Å². The van der Waals surface area contributed by atoms with Crippen molar-refractivity contribution in [3.63, 3.8) is 0 Å². The minimum absolute atomic E-state index is 0.0126. The predicted octanol–water partition coefficient (Wildman–Crippen LogP) is 5.20. The van der Waals surface area contributed by atoms with Crippen molar-refractivity contribution in [3.05, 3.63) is 58.3 Å². The molecule has 1 aliphatic heterocycles. The molecule has 3 rings (SSSR count). The number of carbonyl (C=O) groups is 1. The lowest BCUT2D eigenvalue weighted by molar-refractivity contribution is -0.116. The van der Waals surface area contributed by atoms with E-state index in [0.29, 0.717) is 5.02 Å². The number of thioether (sulfide) groups is 1. The normalized spacial score (nSPS) is 18.4. The number of carbonyl (C=O) groups excluding carboxylic acids is 1. The number of amidine groups is 1. The van der Waals surface area contributed by atoms with E-state index < -0.39 is 5.82 Å². The number of amides is 1. The molecule has 1 N–H and O–H groups in total. The van der Waals surface area contributed by atoms with Gasteiger partial charge in [-0.15, -0.1) is 0 Å². The first-order valence-electron chi connectivity index (χ1n) is 7.87. The van der Waals surface area contributed by atoms with Crippen molar-refractivity contribution in [1.82, 2.24) is 4.90 Å². The molecule has 1 fully saturated rings. The van der Waals surface area contributed by atoms with E-state index in [0.717, 1.165) is 16.6 Å². The van der Waals surface area contributed by atoms with Crippen LogP contribution < -0.4 is 5.32 Å². The lowest BCUT2D eigenvalue weighted by Gasteiger charge is -2.20. The molecule has 1 heterocycles. The summed E-state index contributed by atoms with van der Waals surface area (Å²) in [5.41, 5.74) is 0.930. The van der Waals surface area contributed by atoms with Crippen molar-refractivity contribution in [3.8, 4) is 0 Å². The number of hydrogen-bond acceptors (Lipinski definition) is 3. The van der Waals surface area contributed by atoms with Crippen LogP contribution in [0.4, 0.5) is 15.8 Å². The van der Waals surface area contributed by atoms with Crippen LogP contribution in [0.1, 0.15) is 6.42 Å². The van der Waals surface area contributed by atoms with Crippen molar-refractivity contribution in [2.24, 2.45) is 4.99 Å². The molecule has 1 atom stereocenters. The van der Waals surface area contributed by atoms with Gasteiger partial charge in [0.1, 0.15) is 5.82 Å². The molecule has 8 heteroatoms. The van der Waals surface area contributed by atoms with Crippen LogP contribution in [0.15, 0.2) is 47.5 Å². The van der Waals surface area contributed by atoms with Crippen LogP contribution in [0.25, 0.3) is 0 Å². The molecule has 0 bridgehead atoms. The summed E-state index contributed by atoms with van der Waals surface area (Å²) in [6, 6.07) is 11.4. The van der Waals surface area contributed by atoms with Crippen LogP contribution in [0.5, 0.6) is 0 Å². The standard InChI is InChI=1S/C18H16Cl2FN3OS/c1-24-14(9-17(25)23-16-7-4-12(20)8-15(16)21)10-26-18(24)22-13-5-2-11(19)3-6-13/h2-8,14H,9-10H2,1H3,(H,23,25). The molecule has 0 radical (unpaired) electrons. The molecular weight excluding hydrogens is 396 g/mol. The van der Waals surface area contributed by atoms with Crippen molar-refractivity contribution < 1.29 is 9.18 Å². The monoisotopic (exact) mass is 411 g/mol. The number of hydrogen-bond donors (Lipinski definition) is 1. The molecule has 136 valence electrons. The van der Waals surface area contributed by atoms with E-state index in [1.54, 1.807) is 23.9 Å².